The number of nitrogens with zero attached hydrogens (tertiary/aromatic N) is 4. The molecule has 4 rings (SSSR count). The molecule has 1 fully saturated rings. The van der Waals surface area contributed by atoms with E-state index in [0.29, 0.717) is 31.5 Å². The average Bonchev–Trinajstić information content (AvgIpc) is 3.30. The van der Waals surface area contributed by atoms with E-state index in [2.05, 4.69) is 18.9 Å². The van der Waals surface area contributed by atoms with Crippen LogP contribution in [0.4, 0.5) is 0 Å². The highest BCUT2D eigenvalue weighted by molar-refractivity contribution is 7.13. The number of piperidine rings is 1. The summed E-state index contributed by atoms with van der Waals surface area (Å²) in [6, 6.07) is 6.04. The summed E-state index contributed by atoms with van der Waals surface area (Å²) in [6.45, 7) is 7.06. The molecule has 0 unspecified atom stereocenters. The molecule has 1 N–H and O–H groups in total. The maximum atomic E-state index is 13.3. The van der Waals surface area contributed by atoms with Gasteiger partial charge in [-0.3, -0.25) is 4.79 Å². The number of hydrogen-bond donors (Lipinski definition) is 1. The number of pyridine rings is 1. The highest BCUT2D eigenvalue weighted by Gasteiger charge is 2.31. The van der Waals surface area contributed by atoms with Crippen LogP contribution in [0.5, 0.6) is 0 Å². The quantitative estimate of drug-likeness (QED) is 0.747. The summed E-state index contributed by atoms with van der Waals surface area (Å²) in [5, 5.41) is 17.5. The minimum Gasteiger partial charge on any atom is -0.390 e. The zero-order valence-electron chi connectivity index (χ0n) is 15.8. The number of aliphatic hydroxyl groups is 1. The zero-order chi connectivity index (χ0) is 19.2. The van der Waals surface area contributed by atoms with E-state index in [0.717, 1.165) is 21.6 Å². The third-order valence-electron chi connectivity index (χ3n) is 5.19. The lowest BCUT2D eigenvalue weighted by Gasteiger charge is -2.35. The maximum Gasteiger partial charge on any atom is 0.254 e. The molecule has 3 aromatic heterocycles. The molecule has 0 bridgehead atoms. The lowest BCUT2D eigenvalue weighted by molar-refractivity contribution is -0.00196. The summed E-state index contributed by atoms with van der Waals surface area (Å²) >= 11 is 1.61. The Bertz CT molecular complexity index is 965. The van der Waals surface area contributed by atoms with Gasteiger partial charge in [-0.2, -0.15) is 5.10 Å². The van der Waals surface area contributed by atoms with E-state index in [1.54, 1.807) is 17.5 Å². The van der Waals surface area contributed by atoms with Crippen molar-refractivity contribution in [3.63, 3.8) is 0 Å². The van der Waals surface area contributed by atoms with E-state index < -0.39 is 5.60 Å². The number of thiophene rings is 1. The summed E-state index contributed by atoms with van der Waals surface area (Å²) in [7, 11) is 0. The first-order valence-corrected chi connectivity index (χ1v) is 10.2. The molecule has 4 heterocycles. The fourth-order valence-electron chi connectivity index (χ4n) is 3.49. The van der Waals surface area contributed by atoms with Gasteiger partial charge in [0.1, 0.15) is 0 Å². The Morgan fingerprint density at radius 3 is 2.70 bits per heavy atom. The number of amides is 1. The van der Waals surface area contributed by atoms with Crippen LogP contribution in [-0.2, 0) is 0 Å². The highest BCUT2D eigenvalue weighted by Crippen LogP contribution is 2.30. The molecule has 0 aromatic carbocycles. The average molecular weight is 385 g/mol. The molecule has 0 aliphatic carbocycles. The minimum atomic E-state index is -0.686. The van der Waals surface area contributed by atoms with Crippen LogP contribution in [0.3, 0.4) is 0 Å². The predicted octanol–water partition coefficient (Wildman–Crippen LogP) is 3.73. The number of carbonyl (C=O) groups is 1. The zero-order valence-corrected chi connectivity index (χ0v) is 16.7. The van der Waals surface area contributed by atoms with Crippen molar-refractivity contribution in [1.82, 2.24) is 19.7 Å². The number of carbonyl (C=O) groups excluding carboxylic acids is 1. The van der Waals surface area contributed by atoms with Crippen LogP contribution in [0, 0.1) is 0 Å². The van der Waals surface area contributed by atoms with Gasteiger partial charge in [0, 0.05) is 19.1 Å². The predicted molar refractivity (Wildman–Crippen MR) is 107 cm³/mol. The molecule has 0 radical (unpaired) electrons. The number of fused-ring (bicyclic) bond motifs is 1. The Kier molecular flexibility index (Phi) is 4.52. The third-order valence-corrected chi connectivity index (χ3v) is 6.08. The van der Waals surface area contributed by atoms with Crippen molar-refractivity contribution in [2.45, 2.75) is 45.3 Å². The molecule has 1 saturated heterocycles. The SMILES string of the molecule is CC(C)n1ncc2c(C(=O)N3CCC(C)(O)CC3)cc(-c3cccs3)nc21. The molecule has 1 amide bonds. The largest absolute Gasteiger partial charge is 0.390 e. The monoisotopic (exact) mass is 384 g/mol. The molecule has 1 aliphatic heterocycles. The number of likely N-dealkylation sites (tertiary alicyclic amines) is 1. The Hall–Kier alpha value is -2.25. The molecule has 3 aromatic rings. The first-order valence-electron chi connectivity index (χ1n) is 9.29. The standard InChI is InChI=1S/C20H24N4O2S/c1-13(2)24-18-15(12-21-24)14(11-16(22-18)17-5-4-10-27-17)19(25)23-8-6-20(3,26)7-9-23/h4-5,10-13,26H,6-9H2,1-3H3. The Balaban J connectivity index is 1.80. The van der Waals surface area contributed by atoms with Crippen LogP contribution in [0.25, 0.3) is 21.6 Å². The van der Waals surface area contributed by atoms with E-state index in [-0.39, 0.29) is 11.9 Å². The number of hydrogen-bond acceptors (Lipinski definition) is 5. The molecular weight excluding hydrogens is 360 g/mol. The molecule has 6 nitrogen and oxygen atoms in total. The molecular formula is C20H24N4O2S. The Labute approximate surface area is 162 Å². The summed E-state index contributed by atoms with van der Waals surface area (Å²) in [5.74, 6) is -0.0148. The second kappa shape index (κ2) is 6.73. The van der Waals surface area contributed by atoms with Crippen LogP contribution in [-0.4, -0.2) is 49.4 Å². The summed E-state index contributed by atoms with van der Waals surface area (Å²) in [4.78, 5) is 21.0. The molecule has 1 aliphatic rings. The first-order chi connectivity index (χ1) is 12.9. The molecule has 0 saturated carbocycles. The van der Waals surface area contributed by atoms with Crippen molar-refractivity contribution in [3.05, 3.63) is 35.3 Å². The molecule has 0 atom stereocenters. The van der Waals surface area contributed by atoms with E-state index in [9.17, 15) is 9.90 Å². The molecule has 142 valence electrons. The first kappa shape index (κ1) is 18.1. The maximum absolute atomic E-state index is 13.3. The third kappa shape index (κ3) is 3.37. The van der Waals surface area contributed by atoms with E-state index in [4.69, 9.17) is 4.98 Å². The van der Waals surface area contributed by atoms with Gasteiger partial charge in [-0.15, -0.1) is 11.3 Å². The highest BCUT2D eigenvalue weighted by atomic mass is 32.1. The van der Waals surface area contributed by atoms with Crippen molar-refractivity contribution in [1.29, 1.82) is 0 Å². The fourth-order valence-corrected chi connectivity index (χ4v) is 4.17. The van der Waals surface area contributed by atoms with Gasteiger partial charge in [0.25, 0.3) is 5.91 Å². The van der Waals surface area contributed by atoms with Gasteiger partial charge in [0.05, 0.1) is 33.3 Å². The minimum absolute atomic E-state index is 0.0148. The summed E-state index contributed by atoms with van der Waals surface area (Å²) in [5.41, 5.74) is 1.49. The molecule has 0 spiro atoms. The van der Waals surface area contributed by atoms with Crippen molar-refractivity contribution in [2.75, 3.05) is 13.1 Å². The Morgan fingerprint density at radius 1 is 1.33 bits per heavy atom. The van der Waals surface area contributed by atoms with Gasteiger partial charge in [0.15, 0.2) is 5.65 Å². The van der Waals surface area contributed by atoms with Crippen molar-refractivity contribution >= 4 is 28.3 Å². The van der Waals surface area contributed by atoms with Gasteiger partial charge in [-0.05, 0) is 51.1 Å². The second-order valence-electron chi connectivity index (χ2n) is 7.74. The summed E-state index contributed by atoms with van der Waals surface area (Å²) in [6.07, 6.45) is 2.93. The Morgan fingerprint density at radius 2 is 2.07 bits per heavy atom. The molecule has 27 heavy (non-hydrogen) atoms. The van der Waals surface area contributed by atoms with E-state index in [1.165, 1.54) is 0 Å². The van der Waals surface area contributed by atoms with Gasteiger partial charge < -0.3 is 10.0 Å². The van der Waals surface area contributed by atoms with Crippen molar-refractivity contribution in [3.8, 4) is 10.6 Å². The second-order valence-corrected chi connectivity index (χ2v) is 8.69. The van der Waals surface area contributed by atoms with Gasteiger partial charge >= 0.3 is 0 Å². The fraction of sp³-hybridized carbons (Fsp3) is 0.450. The van der Waals surface area contributed by atoms with E-state index >= 15 is 0 Å². The van der Waals surface area contributed by atoms with Crippen molar-refractivity contribution in [2.24, 2.45) is 0 Å². The lowest BCUT2D eigenvalue weighted by Crippen LogP contribution is -2.45. The van der Waals surface area contributed by atoms with Crippen LogP contribution in [0.15, 0.2) is 29.8 Å². The molecule has 7 heteroatoms. The normalized spacial score (nSPS) is 17.0. The van der Waals surface area contributed by atoms with Crippen LogP contribution in [0.2, 0.25) is 0 Å². The number of rotatable bonds is 3. The summed E-state index contributed by atoms with van der Waals surface area (Å²) < 4.78 is 1.87. The smallest absolute Gasteiger partial charge is 0.254 e. The van der Waals surface area contributed by atoms with Gasteiger partial charge in [-0.25, -0.2) is 9.67 Å². The van der Waals surface area contributed by atoms with Crippen molar-refractivity contribution < 1.29 is 9.90 Å². The van der Waals surface area contributed by atoms with Crippen LogP contribution >= 0.6 is 11.3 Å². The topological polar surface area (TPSA) is 71.2 Å². The van der Waals surface area contributed by atoms with Gasteiger partial charge in [0.2, 0.25) is 0 Å². The van der Waals surface area contributed by atoms with Crippen LogP contribution < -0.4 is 0 Å². The van der Waals surface area contributed by atoms with Crippen LogP contribution in [0.1, 0.15) is 50.0 Å². The van der Waals surface area contributed by atoms with E-state index in [1.807, 2.05) is 40.1 Å². The lowest BCUT2D eigenvalue weighted by atomic mass is 9.93. The van der Waals surface area contributed by atoms with Gasteiger partial charge in [-0.1, -0.05) is 6.07 Å². The number of aromatic nitrogens is 3.